The third-order valence-electron chi connectivity index (χ3n) is 4.36. The van der Waals surface area contributed by atoms with Crippen molar-refractivity contribution in [1.29, 1.82) is 0 Å². The lowest BCUT2D eigenvalue weighted by Crippen LogP contribution is -2.33. The van der Waals surface area contributed by atoms with Crippen LogP contribution in [-0.4, -0.2) is 39.2 Å². The second-order valence-corrected chi connectivity index (χ2v) is 8.75. The van der Waals surface area contributed by atoms with Crippen LogP contribution in [0.25, 0.3) is 0 Å². The molecule has 1 unspecified atom stereocenters. The van der Waals surface area contributed by atoms with E-state index >= 15 is 0 Å². The molecule has 1 atom stereocenters. The molecular formula is C15H19ClN2O3S. The second-order valence-electron chi connectivity index (χ2n) is 5.84. The van der Waals surface area contributed by atoms with Crippen molar-refractivity contribution in [2.75, 3.05) is 29.4 Å². The van der Waals surface area contributed by atoms with E-state index in [0.29, 0.717) is 0 Å². The molecule has 5 nitrogen and oxygen atoms in total. The van der Waals surface area contributed by atoms with Gasteiger partial charge in [0.1, 0.15) is 5.25 Å². The normalized spacial score (nSPS) is 23.1. The van der Waals surface area contributed by atoms with E-state index in [9.17, 15) is 13.2 Å². The maximum Gasteiger partial charge on any atom is 0.237 e. The molecule has 3 rings (SSSR count). The minimum atomic E-state index is -3.72. The molecule has 0 aromatic heterocycles. The molecule has 2 aliphatic rings. The number of rotatable bonds is 3. The monoisotopic (exact) mass is 342 g/mol. The lowest BCUT2D eigenvalue weighted by Gasteiger charge is -2.32. The topological polar surface area (TPSA) is 57.7 Å². The van der Waals surface area contributed by atoms with Gasteiger partial charge in [-0.2, -0.15) is 0 Å². The van der Waals surface area contributed by atoms with Crippen LogP contribution in [-0.2, 0) is 13.8 Å². The summed E-state index contributed by atoms with van der Waals surface area (Å²) in [4.78, 5) is 16.1. The quantitative estimate of drug-likeness (QED) is 0.791. The highest BCUT2D eigenvalue weighted by molar-refractivity contribution is 8.14. The predicted octanol–water partition coefficient (Wildman–Crippen LogP) is 2.35. The minimum Gasteiger partial charge on any atom is -0.370 e. The van der Waals surface area contributed by atoms with Gasteiger partial charge in [-0.3, -0.25) is 4.79 Å². The third-order valence-corrected chi connectivity index (χ3v) is 6.22. The van der Waals surface area contributed by atoms with Crippen LogP contribution in [0.2, 0.25) is 0 Å². The number of carbonyl (C=O) groups excluding carboxylic acids is 1. The van der Waals surface area contributed by atoms with Gasteiger partial charge in [0, 0.05) is 36.7 Å². The average molecular weight is 343 g/mol. The molecule has 2 heterocycles. The zero-order chi connectivity index (χ0) is 15.7. The van der Waals surface area contributed by atoms with Crippen LogP contribution in [0.1, 0.15) is 25.7 Å². The molecule has 1 amide bonds. The predicted molar refractivity (Wildman–Crippen MR) is 88.0 cm³/mol. The van der Waals surface area contributed by atoms with Crippen LogP contribution in [0.5, 0.6) is 0 Å². The summed E-state index contributed by atoms with van der Waals surface area (Å²) in [6, 6.07) is 7.70. The van der Waals surface area contributed by atoms with Crippen LogP contribution in [0.4, 0.5) is 11.4 Å². The summed E-state index contributed by atoms with van der Waals surface area (Å²) in [5, 5.41) is -0.823. The van der Waals surface area contributed by atoms with Crippen LogP contribution in [0.15, 0.2) is 24.3 Å². The number of carbonyl (C=O) groups is 1. The van der Waals surface area contributed by atoms with Gasteiger partial charge in [0.2, 0.25) is 15.0 Å². The Balaban J connectivity index is 1.90. The van der Waals surface area contributed by atoms with Crippen LogP contribution in [0, 0.1) is 0 Å². The second kappa shape index (κ2) is 6.08. The highest BCUT2D eigenvalue weighted by Crippen LogP contribution is 2.35. The molecule has 7 heteroatoms. The lowest BCUT2D eigenvalue weighted by molar-refractivity contribution is -0.117. The first kappa shape index (κ1) is 15.6. The number of hydrogen-bond acceptors (Lipinski definition) is 4. The van der Waals surface area contributed by atoms with Crippen LogP contribution < -0.4 is 9.80 Å². The molecular weight excluding hydrogens is 324 g/mol. The molecule has 2 aliphatic heterocycles. The van der Waals surface area contributed by atoms with E-state index in [4.69, 9.17) is 10.7 Å². The van der Waals surface area contributed by atoms with E-state index in [1.807, 2.05) is 24.3 Å². The molecule has 1 aromatic carbocycles. The van der Waals surface area contributed by atoms with Gasteiger partial charge in [-0.25, -0.2) is 8.42 Å². The number of amides is 1. The number of anilines is 2. The van der Waals surface area contributed by atoms with Crippen molar-refractivity contribution < 1.29 is 13.2 Å². The van der Waals surface area contributed by atoms with E-state index in [-0.39, 0.29) is 18.9 Å². The van der Waals surface area contributed by atoms with Crippen LogP contribution in [0.3, 0.4) is 0 Å². The highest BCUT2D eigenvalue weighted by Gasteiger charge is 2.39. The summed E-state index contributed by atoms with van der Waals surface area (Å²) in [5.41, 5.74) is 1.79. The van der Waals surface area contributed by atoms with Crippen molar-refractivity contribution in [2.24, 2.45) is 0 Å². The Labute approximate surface area is 135 Å². The van der Waals surface area contributed by atoms with E-state index in [0.717, 1.165) is 37.3 Å². The Bertz CT molecular complexity index is 671. The van der Waals surface area contributed by atoms with Gasteiger partial charge in [-0.15, -0.1) is 0 Å². The molecule has 0 aliphatic carbocycles. The number of nitrogens with zero attached hydrogens (tertiary/aromatic N) is 2. The Kier molecular flexibility index (Phi) is 4.32. The molecule has 22 heavy (non-hydrogen) atoms. The molecule has 120 valence electrons. The number of hydrogen-bond donors (Lipinski definition) is 0. The van der Waals surface area contributed by atoms with Gasteiger partial charge in [0.25, 0.3) is 0 Å². The van der Waals surface area contributed by atoms with Gasteiger partial charge in [-0.05, 0) is 31.4 Å². The molecule has 0 bridgehead atoms. The molecule has 0 radical (unpaired) electrons. The van der Waals surface area contributed by atoms with Crippen molar-refractivity contribution in [2.45, 2.75) is 30.9 Å². The smallest absolute Gasteiger partial charge is 0.237 e. The van der Waals surface area contributed by atoms with E-state index in [1.165, 1.54) is 6.42 Å². The Morgan fingerprint density at radius 1 is 1.05 bits per heavy atom. The van der Waals surface area contributed by atoms with Crippen molar-refractivity contribution in [1.82, 2.24) is 0 Å². The minimum absolute atomic E-state index is 0.0415. The largest absolute Gasteiger partial charge is 0.370 e. The molecule has 0 saturated carbocycles. The van der Waals surface area contributed by atoms with Crippen molar-refractivity contribution >= 4 is 37.0 Å². The standard InChI is InChI=1S/C15H19ClN2O3S/c16-22(20,21)12-10-15(19)18(11-12)14-7-3-2-6-13(14)17-8-4-1-5-9-17/h2-3,6-7,12H,1,4-5,8-11H2. The Morgan fingerprint density at radius 2 is 1.68 bits per heavy atom. The fraction of sp³-hybridized carbons (Fsp3) is 0.533. The van der Waals surface area contributed by atoms with Crippen molar-refractivity contribution in [3.05, 3.63) is 24.3 Å². The average Bonchev–Trinajstić information content (AvgIpc) is 2.90. The third kappa shape index (κ3) is 3.08. The number of para-hydroxylation sites is 2. The van der Waals surface area contributed by atoms with Gasteiger partial charge >= 0.3 is 0 Å². The zero-order valence-electron chi connectivity index (χ0n) is 12.2. The van der Waals surface area contributed by atoms with E-state index in [2.05, 4.69) is 4.90 Å². The van der Waals surface area contributed by atoms with Crippen molar-refractivity contribution in [3.8, 4) is 0 Å². The van der Waals surface area contributed by atoms with E-state index < -0.39 is 14.3 Å². The number of halogens is 1. The zero-order valence-corrected chi connectivity index (χ0v) is 13.8. The maximum atomic E-state index is 12.3. The molecule has 0 N–H and O–H groups in total. The summed E-state index contributed by atoms with van der Waals surface area (Å²) < 4.78 is 23.0. The van der Waals surface area contributed by atoms with E-state index in [1.54, 1.807) is 4.90 Å². The lowest BCUT2D eigenvalue weighted by atomic mass is 10.1. The Hall–Kier alpha value is -1.27. The van der Waals surface area contributed by atoms with Gasteiger partial charge < -0.3 is 9.80 Å². The first-order chi connectivity index (χ1) is 10.5. The summed E-state index contributed by atoms with van der Waals surface area (Å²) >= 11 is 0. The molecule has 2 fully saturated rings. The molecule has 0 spiro atoms. The van der Waals surface area contributed by atoms with Gasteiger partial charge in [0.05, 0.1) is 11.4 Å². The Morgan fingerprint density at radius 3 is 2.27 bits per heavy atom. The van der Waals surface area contributed by atoms with Crippen molar-refractivity contribution in [3.63, 3.8) is 0 Å². The summed E-state index contributed by atoms with van der Waals surface area (Å²) in [5.74, 6) is -0.182. The van der Waals surface area contributed by atoms with Gasteiger partial charge in [-0.1, -0.05) is 12.1 Å². The number of benzene rings is 1. The molecule has 2 saturated heterocycles. The summed E-state index contributed by atoms with van der Waals surface area (Å²) in [6.45, 7) is 2.07. The fourth-order valence-electron chi connectivity index (χ4n) is 3.19. The summed E-state index contributed by atoms with van der Waals surface area (Å²) in [6.07, 6.45) is 3.47. The fourth-order valence-corrected chi connectivity index (χ4v) is 4.22. The SMILES string of the molecule is O=C1CC(S(=O)(=O)Cl)CN1c1ccccc1N1CCCCC1. The first-order valence-electron chi connectivity index (χ1n) is 7.54. The van der Waals surface area contributed by atoms with Crippen LogP contribution >= 0.6 is 10.7 Å². The van der Waals surface area contributed by atoms with Gasteiger partial charge in [0.15, 0.2) is 0 Å². The molecule has 1 aromatic rings. The first-order valence-corrected chi connectivity index (χ1v) is 9.92. The number of piperidine rings is 1. The highest BCUT2D eigenvalue weighted by atomic mass is 35.7. The summed E-state index contributed by atoms with van der Waals surface area (Å²) in [7, 11) is 1.71. The maximum absolute atomic E-state index is 12.3.